The lowest BCUT2D eigenvalue weighted by molar-refractivity contribution is 0.178. The van der Waals surface area contributed by atoms with E-state index in [-0.39, 0.29) is 17.5 Å². The molecule has 106 valence electrons. The molecule has 2 N–H and O–H groups in total. The molecule has 2 fully saturated rings. The number of nitrogens with one attached hydrogen (secondary N) is 2. The maximum atomic E-state index is 11.5. The standard InChI is InChI=1S/C12H24N2O3S/c1-10(11-3-6-17-8-11)13-4-2-12-9-18(15,16)7-5-14-12/h10-14H,2-9H2,1H3. The molecule has 2 heterocycles. The average molecular weight is 276 g/mol. The zero-order valence-electron chi connectivity index (χ0n) is 11.0. The maximum absolute atomic E-state index is 11.5. The number of hydrogen-bond donors (Lipinski definition) is 2. The van der Waals surface area contributed by atoms with Crippen LogP contribution in [0.2, 0.25) is 0 Å². The van der Waals surface area contributed by atoms with Crippen molar-refractivity contribution in [3.05, 3.63) is 0 Å². The van der Waals surface area contributed by atoms with Gasteiger partial charge in [0, 0.05) is 25.2 Å². The summed E-state index contributed by atoms with van der Waals surface area (Å²) in [5.41, 5.74) is 0. The van der Waals surface area contributed by atoms with Crippen molar-refractivity contribution in [1.82, 2.24) is 10.6 Å². The molecule has 0 bridgehead atoms. The lowest BCUT2D eigenvalue weighted by atomic mass is 10.0. The molecule has 6 heteroatoms. The van der Waals surface area contributed by atoms with E-state index in [0.717, 1.165) is 32.6 Å². The first-order valence-corrected chi connectivity index (χ1v) is 8.64. The highest BCUT2D eigenvalue weighted by Crippen LogP contribution is 2.16. The van der Waals surface area contributed by atoms with E-state index in [9.17, 15) is 8.42 Å². The van der Waals surface area contributed by atoms with Crippen molar-refractivity contribution < 1.29 is 13.2 Å². The normalized spacial score (nSPS) is 33.4. The van der Waals surface area contributed by atoms with Gasteiger partial charge in [0.25, 0.3) is 0 Å². The first-order chi connectivity index (χ1) is 8.57. The Hall–Kier alpha value is -0.170. The maximum Gasteiger partial charge on any atom is 0.153 e. The van der Waals surface area contributed by atoms with Gasteiger partial charge >= 0.3 is 0 Å². The van der Waals surface area contributed by atoms with Gasteiger partial charge in [-0.25, -0.2) is 8.42 Å². The highest BCUT2D eigenvalue weighted by Gasteiger charge is 2.25. The summed E-state index contributed by atoms with van der Waals surface area (Å²) in [6.07, 6.45) is 2.00. The van der Waals surface area contributed by atoms with E-state index < -0.39 is 9.84 Å². The smallest absolute Gasteiger partial charge is 0.153 e. The minimum atomic E-state index is -2.81. The lowest BCUT2D eigenvalue weighted by Crippen LogP contribution is -2.47. The largest absolute Gasteiger partial charge is 0.381 e. The Balaban J connectivity index is 1.65. The zero-order valence-corrected chi connectivity index (χ0v) is 11.8. The van der Waals surface area contributed by atoms with Gasteiger partial charge in [0.1, 0.15) is 0 Å². The second-order valence-electron chi connectivity index (χ2n) is 5.42. The van der Waals surface area contributed by atoms with Gasteiger partial charge in [-0.15, -0.1) is 0 Å². The topological polar surface area (TPSA) is 67.4 Å². The summed E-state index contributed by atoms with van der Waals surface area (Å²) >= 11 is 0. The third kappa shape index (κ3) is 4.19. The number of sulfone groups is 1. The summed E-state index contributed by atoms with van der Waals surface area (Å²) in [4.78, 5) is 0. The van der Waals surface area contributed by atoms with Crippen LogP contribution in [-0.4, -0.2) is 58.3 Å². The summed E-state index contributed by atoms with van der Waals surface area (Å²) in [5, 5.41) is 6.76. The van der Waals surface area contributed by atoms with Crippen molar-refractivity contribution in [3.8, 4) is 0 Å². The summed E-state index contributed by atoms with van der Waals surface area (Å²) in [6, 6.07) is 0.566. The van der Waals surface area contributed by atoms with E-state index in [2.05, 4.69) is 17.6 Å². The molecule has 18 heavy (non-hydrogen) atoms. The molecular weight excluding hydrogens is 252 g/mol. The highest BCUT2D eigenvalue weighted by molar-refractivity contribution is 7.91. The van der Waals surface area contributed by atoms with Gasteiger partial charge in [0.15, 0.2) is 9.84 Å². The molecule has 0 aromatic carbocycles. The zero-order chi connectivity index (χ0) is 13.0. The van der Waals surface area contributed by atoms with Crippen LogP contribution in [0.3, 0.4) is 0 Å². The molecule has 0 aromatic rings. The fraction of sp³-hybridized carbons (Fsp3) is 1.00. The van der Waals surface area contributed by atoms with Crippen molar-refractivity contribution >= 4 is 9.84 Å². The summed E-state index contributed by atoms with van der Waals surface area (Å²) in [7, 11) is -2.81. The molecule has 0 amide bonds. The molecular formula is C12H24N2O3S. The SMILES string of the molecule is CC(NCCC1CS(=O)(=O)CCN1)C1CCOC1. The van der Waals surface area contributed by atoms with Gasteiger partial charge in [-0.1, -0.05) is 0 Å². The van der Waals surface area contributed by atoms with E-state index in [1.807, 2.05) is 0 Å². The molecule has 0 spiro atoms. The summed E-state index contributed by atoms with van der Waals surface area (Å²) in [5.74, 6) is 1.18. The molecule has 0 aliphatic carbocycles. The van der Waals surface area contributed by atoms with Crippen LogP contribution in [0, 0.1) is 5.92 Å². The Labute approximate surface area is 110 Å². The quantitative estimate of drug-likeness (QED) is 0.726. The van der Waals surface area contributed by atoms with Crippen LogP contribution in [-0.2, 0) is 14.6 Å². The highest BCUT2D eigenvalue weighted by atomic mass is 32.2. The minimum Gasteiger partial charge on any atom is -0.381 e. The number of hydrogen-bond acceptors (Lipinski definition) is 5. The Bertz CT molecular complexity index is 352. The van der Waals surface area contributed by atoms with Gasteiger partial charge in [0.2, 0.25) is 0 Å². The van der Waals surface area contributed by atoms with E-state index in [1.54, 1.807) is 0 Å². The minimum absolute atomic E-state index is 0.114. The lowest BCUT2D eigenvalue weighted by Gasteiger charge is -2.25. The Morgan fingerprint density at radius 1 is 1.50 bits per heavy atom. The Kier molecular flexibility index (Phi) is 5.00. The first-order valence-electron chi connectivity index (χ1n) is 6.82. The van der Waals surface area contributed by atoms with E-state index in [4.69, 9.17) is 4.74 Å². The Morgan fingerprint density at radius 3 is 3.00 bits per heavy atom. The van der Waals surface area contributed by atoms with Crippen LogP contribution in [0.5, 0.6) is 0 Å². The summed E-state index contributed by atoms with van der Waals surface area (Å²) < 4.78 is 28.4. The molecule has 3 atom stereocenters. The van der Waals surface area contributed by atoms with Crippen molar-refractivity contribution in [1.29, 1.82) is 0 Å². The molecule has 5 nitrogen and oxygen atoms in total. The average Bonchev–Trinajstić information content (AvgIpc) is 2.81. The van der Waals surface area contributed by atoms with Crippen LogP contribution in [0.4, 0.5) is 0 Å². The van der Waals surface area contributed by atoms with E-state index in [0.29, 0.717) is 18.5 Å². The van der Waals surface area contributed by atoms with E-state index in [1.165, 1.54) is 0 Å². The third-order valence-corrected chi connectivity index (χ3v) is 5.67. The van der Waals surface area contributed by atoms with Gasteiger partial charge < -0.3 is 15.4 Å². The fourth-order valence-electron chi connectivity index (χ4n) is 2.65. The predicted molar refractivity (Wildman–Crippen MR) is 71.5 cm³/mol. The van der Waals surface area contributed by atoms with Crippen molar-refractivity contribution in [2.24, 2.45) is 5.92 Å². The van der Waals surface area contributed by atoms with Gasteiger partial charge in [0.05, 0.1) is 18.1 Å². The third-order valence-electron chi connectivity index (χ3n) is 3.93. The number of rotatable bonds is 5. The molecule has 2 aliphatic rings. The second kappa shape index (κ2) is 6.32. The molecule has 3 unspecified atom stereocenters. The van der Waals surface area contributed by atoms with Gasteiger partial charge in [-0.3, -0.25) is 0 Å². The van der Waals surface area contributed by atoms with Crippen LogP contribution in [0.1, 0.15) is 19.8 Å². The second-order valence-corrected chi connectivity index (χ2v) is 7.65. The van der Waals surface area contributed by atoms with Crippen LogP contribution in [0.15, 0.2) is 0 Å². The van der Waals surface area contributed by atoms with Gasteiger partial charge in [-0.2, -0.15) is 0 Å². The molecule has 2 saturated heterocycles. The van der Waals surface area contributed by atoms with Crippen LogP contribution >= 0.6 is 0 Å². The summed E-state index contributed by atoms with van der Waals surface area (Å²) in [6.45, 7) is 5.37. The van der Waals surface area contributed by atoms with Crippen molar-refractivity contribution in [2.75, 3.05) is 37.8 Å². The molecule has 0 aromatic heterocycles. The fourth-order valence-corrected chi connectivity index (χ4v) is 4.14. The van der Waals surface area contributed by atoms with Crippen molar-refractivity contribution in [3.63, 3.8) is 0 Å². The molecule has 0 radical (unpaired) electrons. The van der Waals surface area contributed by atoms with Crippen molar-refractivity contribution in [2.45, 2.75) is 31.8 Å². The van der Waals surface area contributed by atoms with Gasteiger partial charge in [-0.05, 0) is 32.2 Å². The van der Waals surface area contributed by atoms with E-state index >= 15 is 0 Å². The monoisotopic (exact) mass is 276 g/mol. The predicted octanol–water partition coefficient (Wildman–Crippen LogP) is -0.222. The molecule has 0 saturated carbocycles. The molecule has 2 rings (SSSR count). The van der Waals surface area contributed by atoms with Crippen LogP contribution in [0.25, 0.3) is 0 Å². The van der Waals surface area contributed by atoms with Crippen LogP contribution < -0.4 is 10.6 Å². The Morgan fingerprint density at radius 2 is 2.33 bits per heavy atom. The number of ether oxygens (including phenoxy) is 1. The first kappa shape index (κ1) is 14.2. The molecule has 2 aliphatic heterocycles.